The SMILES string of the molecule is O=C(NCCc1ccccc1F)c1cc(Cc2ccccc2)no1. The molecule has 1 N–H and O–H groups in total. The van der Waals surface area contributed by atoms with Crippen LogP contribution in [0.4, 0.5) is 4.39 Å². The molecular weight excluding hydrogens is 307 g/mol. The molecule has 0 aliphatic rings. The standard InChI is InChI=1S/C19H17FN2O2/c20-17-9-5-4-8-15(17)10-11-21-19(23)18-13-16(22-24-18)12-14-6-2-1-3-7-14/h1-9,13H,10-12H2,(H,21,23). The van der Waals surface area contributed by atoms with Crippen molar-refractivity contribution in [3.8, 4) is 0 Å². The van der Waals surface area contributed by atoms with Crippen LogP contribution in [-0.2, 0) is 12.8 Å². The predicted molar refractivity (Wildman–Crippen MR) is 88.2 cm³/mol. The molecule has 3 rings (SSSR count). The van der Waals surface area contributed by atoms with Crippen molar-refractivity contribution in [2.45, 2.75) is 12.8 Å². The van der Waals surface area contributed by atoms with Gasteiger partial charge < -0.3 is 9.84 Å². The average Bonchev–Trinajstić information content (AvgIpc) is 3.06. The third-order valence-corrected chi connectivity index (χ3v) is 3.65. The zero-order chi connectivity index (χ0) is 16.8. The normalized spacial score (nSPS) is 10.5. The highest BCUT2D eigenvalue weighted by molar-refractivity contribution is 5.91. The highest BCUT2D eigenvalue weighted by Gasteiger charge is 2.13. The van der Waals surface area contributed by atoms with E-state index in [4.69, 9.17) is 4.52 Å². The lowest BCUT2D eigenvalue weighted by molar-refractivity contribution is 0.0917. The molecule has 24 heavy (non-hydrogen) atoms. The van der Waals surface area contributed by atoms with Gasteiger partial charge in [-0.15, -0.1) is 0 Å². The minimum atomic E-state index is -0.349. The van der Waals surface area contributed by atoms with Crippen molar-refractivity contribution in [3.05, 3.63) is 89.1 Å². The Morgan fingerprint density at radius 2 is 1.83 bits per heavy atom. The fraction of sp³-hybridized carbons (Fsp3) is 0.158. The van der Waals surface area contributed by atoms with Crippen LogP contribution in [0.25, 0.3) is 0 Å². The number of hydrogen-bond donors (Lipinski definition) is 1. The maximum Gasteiger partial charge on any atom is 0.289 e. The minimum Gasteiger partial charge on any atom is -0.351 e. The fourth-order valence-corrected chi connectivity index (χ4v) is 2.41. The van der Waals surface area contributed by atoms with Gasteiger partial charge in [0.1, 0.15) is 5.82 Å². The van der Waals surface area contributed by atoms with Crippen molar-refractivity contribution >= 4 is 5.91 Å². The summed E-state index contributed by atoms with van der Waals surface area (Å²) in [5.74, 6) is -0.454. The van der Waals surface area contributed by atoms with E-state index in [1.165, 1.54) is 6.07 Å². The lowest BCUT2D eigenvalue weighted by Crippen LogP contribution is -2.25. The van der Waals surface area contributed by atoms with Gasteiger partial charge in [0.15, 0.2) is 0 Å². The van der Waals surface area contributed by atoms with Crippen molar-refractivity contribution in [1.29, 1.82) is 0 Å². The molecule has 0 unspecified atom stereocenters. The number of carbonyl (C=O) groups is 1. The Balaban J connectivity index is 1.53. The molecule has 122 valence electrons. The highest BCUT2D eigenvalue weighted by Crippen LogP contribution is 2.10. The lowest BCUT2D eigenvalue weighted by atomic mass is 10.1. The molecule has 2 aromatic carbocycles. The van der Waals surface area contributed by atoms with E-state index in [0.717, 1.165) is 5.56 Å². The number of aromatic nitrogens is 1. The Morgan fingerprint density at radius 3 is 2.62 bits per heavy atom. The molecule has 0 spiro atoms. The number of amides is 1. The molecule has 0 radical (unpaired) electrons. The molecule has 5 heteroatoms. The molecule has 0 saturated heterocycles. The molecular formula is C19H17FN2O2. The number of benzene rings is 2. The van der Waals surface area contributed by atoms with E-state index in [1.807, 2.05) is 30.3 Å². The zero-order valence-electron chi connectivity index (χ0n) is 13.0. The molecule has 3 aromatic rings. The lowest BCUT2D eigenvalue weighted by Gasteiger charge is -2.04. The van der Waals surface area contributed by atoms with E-state index < -0.39 is 0 Å². The van der Waals surface area contributed by atoms with Crippen LogP contribution < -0.4 is 5.32 Å². The van der Waals surface area contributed by atoms with Crippen molar-refractivity contribution in [1.82, 2.24) is 10.5 Å². The molecule has 4 nitrogen and oxygen atoms in total. The summed E-state index contributed by atoms with van der Waals surface area (Å²) in [6.07, 6.45) is 1.02. The van der Waals surface area contributed by atoms with E-state index in [-0.39, 0.29) is 17.5 Å². The van der Waals surface area contributed by atoms with Crippen molar-refractivity contribution in [2.75, 3.05) is 6.54 Å². The predicted octanol–water partition coefficient (Wildman–Crippen LogP) is 3.38. The molecule has 1 amide bonds. The van der Waals surface area contributed by atoms with Crippen LogP contribution in [0, 0.1) is 5.82 Å². The van der Waals surface area contributed by atoms with Gasteiger partial charge in [0.05, 0.1) is 5.69 Å². The summed E-state index contributed by atoms with van der Waals surface area (Å²) in [4.78, 5) is 12.0. The van der Waals surface area contributed by atoms with Crippen LogP contribution in [0.5, 0.6) is 0 Å². The topological polar surface area (TPSA) is 55.1 Å². The van der Waals surface area contributed by atoms with Crippen LogP contribution in [0.3, 0.4) is 0 Å². The number of halogens is 1. The third-order valence-electron chi connectivity index (χ3n) is 3.65. The Kier molecular flexibility index (Phi) is 5.01. The number of nitrogens with one attached hydrogen (secondary N) is 1. The maximum absolute atomic E-state index is 13.5. The van der Waals surface area contributed by atoms with E-state index in [1.54, 1.807) is 24.3 Å². The summed E-state index contributed by atoms with van der Waals surface area (Å²) in [7, 11) is 0. The first kappa shape index (κ1) is 15.9. The second kappa shape index (κ2) is 7.55. The Morgan fingerprint density at radius 1 is 1.08 bits per heavy atom. The Bertz CT molecular complexity index is 815. The van der Waals surface area contributed by atoms with E-state index >= 15 is 0 Å². The fourth-order valence-electron chi connectivity index (χ4n) is 2.41. The number of rotatable bonds is 6. The average molecular weight is 324 g/mol. The van der Waals surface area contributed by atoms with Gasteiger partial charge in [-0.05, 0) is 23.6 Å². The van der Waals surface area contributed by atoms with Crippen LogP contribution in [0.15, 0.2) is 65.2 Å². The summed E-state index contributed by atoms with van der Waals surface area (Å²) in [5.41, 5.74) is 2.36. The second-order valence-corrected chi connectivity index (χ2v) is 5.44. The largest absolute Gasteiger partial charge is 0.351 e. The highest BCUT2D eigenvalue weighted by atomic mass is 19.1. The van der Waals surface area contributed by atoms with Crippen LogP contribution in [0.2, 0.25) is 0 Å². The van der Waals surface area contributed by atoms with Crippen LogP contribution >= 0.6 is 0 Å². The van der Waals surface area contributed by atoms with Crippen molar-refractivity contribution in [2.24, 2.45) is 0 Å². The zero-order valence-corrected chi connectivity index (χ0v) is 13.0. The van der Waals surface area contributed by atoms with Gasteiger partial charge >= 0.3 is 0 Å². The third kappa shape index (κ3) is 4.07. The van der Waals surface area contributed by atoms with Gasteiger partial charge in [-0.3, -0.25) is 4.79 Å². The number of nitrogens with zero attached hydrogens (tertiary/aromatic N) is 1. The first-order chi connectivity index (χ1) is 11.7. The van der Waals surface area contributed by atoms with Gasteiger partial charge in [-0.2, -0.15) is 0 Å². The molecule has 0 saturated carbocycles. The van der Waals surface area contributed by atoms with E-state index in [2.05, 4.69) is 10.5 Å². The second-order valence-electron chi connectivity index (χ2n) is 5.44. The van der Waals surface area contributed by atoms with Crippen molar-refractivity contribution in [3.63, 3.8) is 0 Å². The minimum absolute atomic E-state index is 0.162. The molecule has 0 atom stereocenters. The van der Waals surface area contributed by atoms with Gasteiger partial charge in [0.25, 0.3) is 5.91 Å². The van der Waals surface area contributed by atoms with Gasteiger partial charge in [0.2, 0.25) is 5.76 Å². The van der Waals surface area contributed by atoms with E-state index in [9.17, 15) is 9.18 Å². The van der Waals surface area contributed by atoms with Gasteiger partial charge in [-0.25, -0.2) is 4.39 Å². The summed E-state index contributed by atoms with van der Waals surface area (Å²) in [5, 5.41) is 6.63. The molecule has 1 heterocycles. The van der Waals surface area contributed by atoms with Crippen molar-refractivity contribution < 1.29 is 13.7 Å². The molecule has 0 bridgehead atoms. The number of hydrogen-bond acceptors (Lipinski definition) is 3. The Hall–Kier alpha value is -2.95. The smallest absolute Gasteiger partial charge is 0.289 e. The number of carbonyl (C=O) groups excluding carboxylic acids is 1. The summed E-state index contributed by atoms with van der Waals surface area (Å²) in [6, 6.07) is 18.0. The summed E-state index contributed by atoms with van der Waals surface area (Å²) >= 11 is 0. The molecule has 0 fully saturated rings. The van der Waals surface area contributed by atoms with Gasteiger partial charge in [0, 0.05) is 19.0 Å². The first-order valence-electron chi connectivity index (χ1n) is 7.73. The van der Waals surface area contributed by atoms with Crippen LogP contribution in [-0.4, -0.2) is 17.6 Å². The monoisotopic (exact) mass is 324 g/mol. The Labute approximate surface area is 139 Å². The molecule has 0 aliphatic heterocycles. The maximum atomic E-state index is 13.5. The van der Waals surface area contributed by atoms with Gasteiger partial charge in [-0.1, -0.05) is 53.7 Å². The van der Waals surface area contributed by atoms with Crippen LogP contribution in [0.1, 0.15) is 27.4 Å². The van der Waals surface area contributed by atoms with E-state index in [0.29, 0.717) is 30.6 Å². The summed E-state index contributed by atoms with van der Waals surface area (Å²) < 4.78 is 18.6. The summed E-state index contributed by atoms with van der Waals surface area (Å²) in [6.45, 7) is 0.328. The molecule has 1 aromatic heterocycles. The molecule has 0 aliphatic carbocycles. The first-order valence-corrected chi connectivity index (χ1v) is 7.73. The quantitative estimate of drug-likeness (QED) is 0.756.